The van der Waals surface area contributed by atoms with Crippen molar-refractivity contribution in [2.75, 3.05) is 0 Å². The molecule has 3 nitrogen and oxygen atoms in total. The smallest absolute Gasteiger partial charge is 0.148 e. The van der Waals surface area contributed by atoms with Crippen LogP contribution < -0.4 is 0 Å². The highest BCUT2D eigenvalue weighted by molar-refractivity contribution is 5.53. The maximum Gasteiger partial charge on any atom is 0.148 e. The Kier molecular flexibility index (Phi) is 3.00. The fourth-order valence-corrected chi connectivity index (χ4v) is 2.39. The van der Waals surface area contributed by atoms with E-state index in [1.165, 1.54) is 11.1 Å². The molecule has 0 unspecified atom stereocenters. The summed E-state index contributed by atoms with van der Waals surface area (Å²) in [6, 6.07) is 14.6. The van der Waals surface area contributed by atoms with Crippen LogP contribution in [0.4, 0.5) is 0 Å². The average molecular weight is 261 g/mol. The van der Waals surface area contributed by atoms with Gasteiger partial charge in [-0.25, -0.2) is 4.98 Å². The van der Waals surface area contributed by atoms with Crippen molar-refractivity contribution in [3.8, 4) is 6.07 Å². The zero-order chi connectivity index (χ0) is 14.1. The van der Waals surface area contributed by atoms with Gasteiger partial charge in [0.1, 0.15) is 17.4 Å². The molecule has 20 heavy (non-hydrogen) atoms. The standard InChI is InChI=1S/C17H15N3/c1-12-5-7-14(8-6-12)10-15-16(11-18)20-9-3-4-13(2)17(20)19-15/h3-9H,10H2,1-2H3. The molecule has 0 amide bonds. The second kappa shape index (κ2) is 4.82. The normalized spacial score (nSPS) is 10.7. The molecule has 1 aromatic carbocycles. The third-order valence-corrected chi connectivity index (χ3v) is 3.52. The molecule has 0 bridgehead atoms. The number of benzene rings is 1. The predicted octanol–water partition coefficient (Wildman–Crippen LogP) is 3.41. The molecule has 0 atom stereocenters. The molecular weight excluding hydrogens is 246 g/mol. The molecular formula is C17H15N3. The first-order valence-electron chi connectivity index (χ1n) is 6.61. The molecule has 0 aliphatic rings. The number of hydrogen-bond donors (Lipinski definition) is 0. The predicted molar refractivity (Wildman–Crippen MR) is 78.6 cm³/mol. The number of aryl methyl sites for hydroxylation is 2. The van der Waals surface area contributed by atoms with E-state index < -0.39 is 0 Å². The number of rotatable bonds is 2. The molecule has 2 heterocycles. The molecule has 3 rings (SSSR count). The Hall–Kier alpha value is -2.60. The van der Waals surface area contributed by atoms with Gasteiger partial charge in [-0.1, -0.05) is 35.9 Å². The molecule has 0 fully saturated rings. The Morgan fingerprint density at radius 3 is 2.60 bits per heavy atom. The van der Waals surface area contributed by atoms with E-state index in [9.17, 15) is 5.26 Å². The molecule has 0 spiro atoms. The molecule has 0 saturated carbocycles. The second-order valence-corrected chi connectivity index (χ2v) is 5.07. The summed E-state index contributed by atoms with van der Waals surface area (Å²) in [6.07, 6.45) is 2.58. The zero-order valence-corrected chi connectivity index (χ0v) is 11.6. The molecule has 0 N–H and O–H groups in total. The maximum absolute atomic E-state index is 9.41. The summed E-state index contributed by atoms with van der Waals surface area (Å²) in [7, 11) is 0. The highest BCUT2D eigenvalue weighted by atomic mass is 15.0. The summed E-state index contributed by atoms with van der Waals surface area (Å²) >= 11 is 0. The number of pyridine rings is 1. The van der Waals surface area contributed by atoms with Gasteiger partial charge < -0.3 is 0 Å². The van der Waals surface area contributed by atoms with Crippen LogP contribution in [0.25, 0.3) is 5.65 Å². The molecule has 3 heteroatoms. The van der Waals surface area contributed by atoms with E-state index >= 15 is 0 Å². The van der Waals surface area contributed by atoms with Gasteiger partial charge in [-0.2, -0.15) is 5.26 Å². The lowest BCUT2D eigenvalue weighted by molar-refractivity contribution is 1.08. The van der Waals surface area contributed by atoms with Gasteiger partial charge in [-0.15, -0.1) is 0 Å². The number of hydrogen-bond acceptors (Lipinski definition) is 2. The van der Waals surface area contributed by atoms with Gasteiger partial charge in [-0.3, -0.25) is 4.40 Å². The van der Waals surface area contributed by atoms with Crippen LogP contribution in [0.5, 0.6) is 0 Å². The minimum absolute atomic E-state index is 0.629. The number of imidazole rings is 1. The Labute approximate surface area is 118 Å². The van der Waals surface area contributed by atoms with Crippen LogP contribution in [0.15, 0.2) is 42.6 Å². The van der Waals surface area contributed by atoms with E-state index in [2.05, 4.69) is 42.2 Å². The van der Waals surface area contributed by atoms with E-state index in [-0.39, 0.29) is 0 Å². The first-order chi connectivity index (χ1) is 9.69. The first kappa shape index (κ1) is 12.4. The highest BCUT2D eigenvalue weighted by Gasteiger charge is 2.13. The van der Waals surface area contributed by atoms with Gasteiger partial charge in [0.15, 0.2) is 0 Å². The zero-order valence-electron chi connectivity index (χ0n) is 11.6. The van der Waals surface area contributed by atoms with Crippen LogP contribution in [0.3, 0.4) is 0 Å². The van der Waals surface area contributed by atoms with Crippen LogP contribution in [-0.2, 0) is 6.42 Å². The summed E-state index contributed by atoms with van der Waals surface area (Å²) in [4.78, 5) is 4.64. The minimum Gasteiger partial charge on any atom is -0.291 e. The van der Waals surface area contributed by atoms with Crippen LogP contribution in [-0.4, -0.2) is 9.38 Å². The van der Waals surface area contributed by atoms with Gasteiger partial charge >= 0.3 is 0 Å². The third-order valence-electron chi connectivity index (χ3n) is 3.52. The van der Waals surface area contributed by atoms with Crippen molar-refractivity contribution in [1.29, 1.82) is 5.26 Å². The Bertz CT molecular complexity index is 805. The van der Waals surface area contributed by atoms with Crippen LogP contribution >= 0.6 is 0 Å². The Morgan fingerprint density at radius 2 is 1.90 bits per heavy atom. The summed E-state index contributed by atoms with van der Waals surface area (Å²) in [5.74, 6) is 0. The average Bonchev–Trinajstić information content (AvgIpc) is 2.80. The van der Waals surface area contributed by atoms with Gasteiger partial charge in [0.2, 0.25) is 0 Å². The summed E-state index contributed by atoms with van der Waals surface area (Å²) < 4.78 is 1.87. The lowest BCUT2D eigenvalue weighted by Gasteiger charge is -2.00. The van der Waals surface area contributed by atoms with Crippen molar-refractivity contribution in [2.45, 2.75) is 20.3 Å². The van der Waals surface area contributed by atoms with Gasteiger partial charge in [0.25, 0.3) is 0 Å². The van der Waals surface area contributed by atoms with E-state index in [0.29, 0.717) is 12.1 Å². The minimum atomic E-state index is 0.629. The second-order valence-electron chi connectivity index (χ2n) is 5.07. The number of nitriles is 1. The van der Waals surface area contributed by atoms with Crippen molar-refractivity contribution in [2.24, 2.45) is 0 Å². The van der Waals surface area contributed by atoms with E-state index in [1.807, 2.05) is 29.7 Å². The Balaban J connectivity index is 2.10. The van der Waals surface area contributed by atoms with Crippen molar-refractivity contribution in [1.82, 2.24) is 9.38 Å². The lowest BCUT2D eigenvalue weighted by Crippen LogP contribution is -1.93. The molecule has 98 valence electrons. The summed E-state index contributed by atoms with van der Waals surface area (Å²) in [5, 5.41) is 9.41. The highest BCUT2D eigenvalue weighted by Crippen LogP contribution is 2.18. The third kappa shape index (κ3) is 2.06. The van der Waals surface area contributed by atoms with Gasteiger partial charge in [-0.05, 0) is 31.0 Å². The van der Waals surface area contributed by atoms with Crippen LogP contribution in [0.2, 0.25) is 0 Å². The monoisotopic (exact) mass is 261 g/mol. The lowest BCUT2D eigenvalue weighted by atomic mass is 10.1. The first-order valence-corrected chi connectivity index (χ1v) is 6.61. The van der Waals surface area contributed by atoms with Crippen molar-refractivity contribution in [3.05, 3.63) is 70.7 Å². The fraction of sp³-hybridized carbons (Fsp3) is 0.176. The molecule has 0 radical (unpaired) electrons. The number of fused-ring (bicyclic) bond motifs is 1. The van der Waals surface area contributed by atoms with Crippen molar-refractivity contribution >= 4 is 5.65 Å². The Morgan fingerprint density at radius 1 is 1.15 bits per heavy atom. The van der Waals surface area contributed by atoms with E-state index in [0.717, 1.165) is 16.9 Å². The van der Waals surface area contributed by atoms with Crippen LogP contribution in [0, 0.1) is 25.2 Å². The molecule has 3 aromatic rings. The topological polar surface area (TPSA) is 41.1 Å². The molecule has 0 aliphatic carbocycles. The quantitative estimate of drug-likeness (QED) is 0.709. The number of aromatic nitrogens is 2. The van der Waals surface area contributed by atoms with Crippen molar-refractivity contribution in [3.63, 3.8) is 0 Å². The largest absolute Gasteiger partial charge is 0.291 e. The molecule has 0 aliphatic heterocycles. The molecule has 2 aromatic heterocycles. The van der Waals surface area contributed by atoms with Gasteiger partial charge in [0, 0.05) is 12.6 Å². The van der Waals surface area contributed by atoms with E-state index in [1.54, 1.807) is 0 Å². The van der Waals surface area contributed by atoms with Crippen LogP contribution in [0.1, 0.15) is 28.1 Å². The summed E-state index contributed by atoms with van der Waals surface area (Å²) in [6.45, 7) is 4.08. The SMILES string of the molecule is Cc1ccc(Cc2nc3c(C)cccn3c2C#N)cc1. The van der Waals surface area contributed by atoms with Gasteiger partial charge in [0.05, 0.1) is 5.69 Å². The molecule has 0 saturated heterocycles. The fourth-order valence-electron chi connectivity index (χ4n) is 2.39. The van der Waals surface area contributed by atoms with E-state index in [4.69, 9.17) is 0 Å². The maximum atomic E-state index is 9.41. The summed E-state index contributed by atoms with van der Waals surface area (Å²) in [5.41, 5.74) is 5.83. The number of nitrogens with zero attached hydrogens (tertiary/aromatic N) is 3. The van der Waals surface area contributed by atoms with Crippen molar-refractivity contribution < 1.29 is 0 Å².